The van der Waals surface area contributed by atoms with Crippen molar-refractivity contribution in [3.8, 4) is 0 Å². The Bertz CT molecular complexity index is 268. The maximum Gasteiger partial charge on any atom is 0.144 e. The average molecular weight is 175 g/mol. The fraction of sp³-hybridized carbons (Fsp3) is 0.571. The van der Waals surface area contributed by atoms with Gasteiger partial charge in [0.25, 0.3) is 0 Å². The highest BCUT2D eigenvalue weighted by atomic mass is 35.5. The van der Waals surface area contributed by atoms with Gasteiger partial charge in [-0.15, -0.1) is 0 Å². The monoisotopic (exact) mass is 174 g/mol. The van der Waals surface area contributed by atoms with Crippen molar-refractivity contribution in [1.82, 2.24) is 9.78 Å². The molecular formula is C7H11ClN2O. The van der Waals surface area contributed by atoms with Gasteiger partial charge in [0, 0.05) is 0 Å². The van der Waals surface area contributed by atoms with Crippen LogP contribution in [0.2, 0.25) is 5.02 Å². The quantitative estimate of drug-likeness (QED) is 0.704. The van der Waals surface area contributed by atoms with Crippen LogP contribution in [0.15, 0.2) is 0 Å². The first-order chi connectivity index (χ1) is 5.04. The summed E-state index contributed by atoms with van der Waals surface area (Å²) in [6, 6.07) is 0. The van der Waals surface area contributed by atoms with Crippen LogP contribution in [0.1, 0.15) is 24.5 Å². The van der Waals surface area contributed by atoms with Gasteiger partial charge in [-0.05, 0) is 20.8 Å². The zero-order valence-electron chi connectivity index (χ0n) is 6.80. The van der Waals surface area contributed by atoms with Crippen molar-refractivity contribution in [1.29, 1.82) is 0 Å². The van der Waals surface area contributed by atoms with Crippen LogP contribution >= 0.6 is 11.6 Å². The maximum absolute atomic E-state index is 9.18. The molecule has 1 unspecified atom stereocenters. The van der Waals surface area contributed by atoms with E-state index in [1.807, 2.05) is 13.8 Å². The Labute approximate surface area is 70.6 Å². The molecule has 11 heavy (non-hydrogen) atoms. The van der Waals surface area contributed by atoms with Crippen molar-refractivity contribution < 1.29 is 5.11 Å². The van der Waals surface area contributed by atoms with Crippen LogP contribution in [0.4, 0.5) is 0 Å². The third-order valence-electron chi connectivity index (χ3n) is 1.59. The number of aliphatic hydroxyl groups is 1. The lowest BCUT2D eigenvalue weighted by atomic mass is 10.4. The number of nitrogens with zero attached hydrogens (tertiary/aromatic N) is 2. The molecule has 1 heterocycles. The number of aryl methyl sites for hydroxylation is 1. The van der Waals surface area contributed by atoms with Crippen molar-refractivity contribution in [3.63, 3.8) is 0 Å². The molecule has 0 aliphatic rings. The summed E-state index contributed by atoms with van der Waals surface area (Å²) in [5.74, 6) is 0. The normalized spacial score (nSPS) is 13.5. The minimum absolute atomic E-state index is 0.610. The zero-order chi connectivity index (χ0) is 8.59. The van der Waals surface area contributed by atoms with E-state index in [4.69, 9.17) is 11.6 Å². The second-order valence-electron chi connectivity index (χ2n) is 2.56. The first-order valence-electron chi connectivity index (χ1n) is 3.43. The molecule has 0 radical (unpaired) electrons. The van der Waals surface area contributed by atoms with Crippen molar-refractivity contribution in [3.05, 3.63) is 16.4 Å². The molecule has 0 amide bonds. The van der Waals surface area contributed by atoms with E-state index in [1.165, 1.54) is 4.68 Å². The van der Waals surface area contributed by atoms with E-state index in [9.17, 15) is 5.11 Å². The van der Waals surface area contributed by atoms with Gasteiger partial charge in [-0.25, -0.2) is 4.68 Å². The lowest BCUT2D eigenvalue weighted by Gasteiger charge is -2.05. The van der Waals surface area contributed by atoms with Gasteiger partial charge in [-0.2, -0.15) is 5.10 Å². The Hall–Kier alpha value is -0.540. The van der Waals surface area contributed by atoms with E-state index in [2.05, 4.69) is 5.10 Å². The standard InChI is InChI=1S/C7H11ClN2O/c1-4-7(8)5(2)10(9-4)6(3)11/h6,11H,1-3H3. The molecule has 4 heteroatoms. The van der Waals surface area contributed by atoms with E-state index in [0.717, 1.165) is 11.4 Å². The van der Waals surface area contributed by atoms with Crippen molar-refractivity contribution >= 4 is 11.6 Å². The lowest BCUT2D eigenvalue weighted by molar-refractivity contribution is 0.108. The predicted octanol–water partition coefficient (Wildman–Crippen LogP) is 1.66. The number of rotatable bonds is 1. The van der Waals surface area contributed by atoms with Crippen LogP contribution in [0.3, 0.4) is 0 Å². The summed E-state index contributed by atoms with van der Waals surface area (Å²) < 4.78 is 1.50. The Kier molecular flexibility index (Phi) is 2.20. The molecule has 0 aromatic carbocycles. The zero-order valence-corrected chi connectivity index (χ0v) is 7.55. The number of hydrogen-bond acceptors (Lipinski definition) is 2. The SMILES string of the molecule is Cc1nn(C(C)O)c(C)c1Cl. The molecule has 3 nitrogen and oxygen atoms in total. The summed E-state index contributed by atoms with van der Waals surface area (Å²) in [7, 11) is 0. The highest BCUT2D eigenvalue weighted by molar-refractivity contribution is 6.31. The molecule has 62 valence electrons. The minimum Gasteiger partial charge on any atom is -0.372 e. The largest absolute Gasteiger partial charge is 0.372 e. The highest BCUT2D eigenvalue weighted by Crippen LogP contribution is 2.20. The Morgan fingerprint density at radius 1 is 1.55 bits per heavy atom. The highest BCUT2D eigenvalue weighted by Gasteiger charge is 2.11. The third-order valence-corrected chi connectivity index (χ3v) is 2.14. The van der Waals surface area contributed by atoms with E-state index in [-0.39, 0.29) is 0 Å². The minimum atomic E-state index is -0.610. The molecule has 1 aromatic rings. The Morgan fingerprint density at radius 3 is 2.27 bits per heavy atom. The lowest BCUT2D eigenvalue weighted by Crippen LogP contribution is -2.07. The molecule has 1 N–H and O–H groups in total. The fourth-order valence-electron chi connectivity index (χ4n) is 1.01. The van der Waals surface area contributed by atoms with Crippen LogP contribution in [-0.4, -0.2) is 14.9 Å². The van der Waals surface area contributed by atoms with Gasteiger partial charge in [-0.1, -0.05) is 11.6 Å². The number of aliphatic hydroxyl groups excluding tert-OH is 1. The van der Waals surface area contributed by atoms with E-state index >= 15 is 0 Å². The molecule has 0 fully saturated rings. The summed E-state index contributed by atoms with van der Waals surface area (Å²) in [6.45, 7) is 5.29. The maximum atomic E-state index is 9.18. The van der Waals surface area contributed by atoms with Gasteiger partial charge in [0.05, 0.1) is 16.4 Å². The van der Waals surface area contributed by atoms with Gasteiger partial charge in [0.1, 0.15) is 6.23 Å². The second-order valence-corrected chi connectivity index (χ2v) is 2.94. The molecule has 1 atom stereocenters. The van der Waals surface area contributed by atoms with E-state index in [0.29, 0.717) is 5.02 Å². The third kappa shape index (κ3) is 1.39. The molecule has 0 saturated carbocycles. The number of hydrogen-bond donors (Lipinski definition) is 1. The fourth-order valence-corrected chi connectivity index (χ4v) is 1.13. The molecular weight excluding hydrogens is 164 g/mol. The van der Waals surface area contributed by atoms with E-state index in [1.54, 1.807) is 6.92 Å². The van der Waals surface area contributed by atoms with E-state index < -0.39 is 6.23 Å². The van der Waals surface area contributed by atoms with Gasteiger partial charge < -0.3 is 5.11 Å². The predicted molar refractivity (Wildman–Crippen MR) is 43.6 cm³/mol. The van der Waals surface area contributed by atoms with Gasteiger partial charge in [-0.3, -0.25) is 0 Å². The summed E-state index contributed by atoms with van der Waals surface area (Å²) in [6.07, 6.45) is -0.610. The number of aromatic nitrogens is 2. The summed E-state index contributed by atoms with van der Waals surface area (Å²) in [5.41, 5.74) is 1.56. The molecule has 0 saturated heterocycles. The molecule has 0 aliphatic carbocycles. The van der Waals surface area contributed by atoms with Gasteiger partial charge in [0.2, 0.25) is 0 Å². The summed E-state index contributed by atoms with van der Waals surface area (Å²) in [5, 5.41) is 13.9. The smallest absolute Gasteiger partial charge is 0.144 e. The Balaban J connectivity index is 3.19. The van der Waals surface area contributed by atoms with Crippen LogP contribution in [0, 0.1) is 13.8 Å². The Morgan fingerprint density at radius 2 is 2.09 bits per heavy atom. The van der Waals surface area contributed by atoms with Crippen LogP contribution < -0.4 is 0 Å². The summed E-state index contributed by atoms with van der Waals surface area (Å²) in [4.78, 5) is 0. The van der Waals surface area contributed by atoms with Crippen LogP contribution in [0.25, 0.3) is 0 Å². The average Bonchev–Trinajstić information content (AvgIpc) is 2.17. The van der Waals surface area contributed by atoms with Crippen molar-refractivity contribution in [2.75, 3.05) is 0 Å². The van der Waals surface area contributed by atoms with Gasteiger partial charge in [0.15, 0.2) is 0 Å². The van der Waals surface area contributed by atoms with Crippen LogP contribution in [0.5, 0.6) is 0 Å². The first-order valence-corrected chi connectivity index (χ1v) is 3.81. The molecule has 1 aromatic heterocycles. The molecule has 0 bridgehead atoms. The molecule has 0 aliphatic heterocycles. The summed E-state index contributed by atoms with van der Waals surface area (Å²) >= 11 is 5.85. The number of halogens is 1. The molecule has 0 spiro atoms. The molecule has 1 rings (SSSR count). The topological polar surface area (TPSA) is 38.0 Å². The first kappa shape index (κ1) is 8.56. The second kappa shape index (κ2) is 2.83. The van der Waals surface area contributed by atoms with Crippen LogP contribution in [-0.2, 0) is 0 Å². The van der Waals surface area contributed by atoms with Gasteiger partial charge >= 0.3 is 0 Å². The van der Waals surface area contributed by atoms with Crippen molar-refractivity contribution in [2.24, 2.45) is 0 Å². The van der Waals surface area contributed by atoms with Crippen molar-refractivity contribution in [2.45, 2.75) is 27.0 Å².